The lowest BCUT2D eigenvalue weighted by molar-refractivity contribution is 0.243. The van der Waals surface area contributed by atoms with Crippen molar-refractivity contribution < 1.29 is 4.74 Å². The summed E-state index contributed by atoms with van der Waals surface area (Å²) in [4.78, 5) is 0. The van der Waals surface area contributed by atoms with Gasteiger partial charge in [-0.15, -0.1) is 6.42 Å². The fourth-order valence-electron chi connectivity index (χ4n) is 6.14. The minimum atomic E-state index is 0.222. The maximum Gasteiger partial charge on any atom is 0.113 e. The van der Waals surface area contributed by atoms with Crippen LogP contribution in [0.2, 0.25) is 0 Å². The Labute approximate surface area is 273 Å². The normalized spacial score (nSPS) is 19.9. The van der Waals surface area contributed by atoms with E-state index in [0.717, 1.165) is 64.3 Å². The van der Waals surface area contributed by atoms with Crippen molar-refractivity contribution in [3.05, 3.63) is 191 Å². The number of anilines is 1. The van der Waals surface area contributed by atoms with E-state index in [1.165, 1.54) is 16.7 Å². The fraction of sp³-hybridized carbons (Fsp3) is 0.136. The molecule has 2 aliphatic rings. The van der Waals surface area contributed by atoms with E-state index in [9.17, 15) is 0 Å². The topological polar surface area (TPSA) is 21.3 Å². The van der Waals surface area contributed by atoms with Crippen LogP contribution in [-0.2, 0) is 4.74 Å². The number of terminal acetylenes is 1. The molecule has 6 rings (SSSR count). The summed E-state index contributed by atoms with van der Waals surface area (Å²) >= 11 is 0. The molecule has 0 fully saturated rings. The van der Waals surface area contributed by atoms with E-state index in [1.807, 2.05) is 18.2 Å². The van der Waals surface area contributed by atoms with E-state index >= 15 is 0 Å². The monoisotopic (exact) mass is 597 g/mol. The molecular weight excluding hydrogens is 558 g/mol. The first-order valence-corrected chi connectivity index (χ1v) is 16.0. The number of para-hydroxylation sites is 1. The Kier molecular flexibility index (Phi) is 9.93. The van der Waals surface area contributed by atoms with Crippen molar-refractivity contribution >= 4 is 22.4 Å². The quantitative estimate of drug-likeness (QED) is 0.223. The Hall–Kier alpha value is -5.52. The molecule has 0 unspecified atom stereocenters. The number of ether oxygens (including phenoxy) is 1. The van der Waals surface area contributed by atoms with Gasteiger partial charge in [0.05, 0.1) is 0 Å². The van der Waals surface area contributed by atoms with Crippen molar-refractivity contribution in [2.45, 2.75) is 25.2 Å². The molecule has 0 spiro atoms. The van der Waals surface area contributed by atoms with Gasteiger partial charge in [0, 0.05) is 35.7 Å². The molecule has 1 N–H and O–H groups in total. The highest BCUT2D eigenvalue weighted by Crippen LogP contribution is 2.36. The van der Waals surface area contributed by atoms with Crippen LogP contribution in [0.25, 0.3) is 16.7 Å². The molecule has 2 heteroatoms. The molecule has 2 heterocycles. The molecule has 0 aliphatic carbocycles. The lowest BCUT2D eigenvalue weighted by atomic mass is 9.88. The number of benzene rings is 4. The lowest BCUT2D eigenvalue weighted by Gasteiger charge is -2.17. The van der Waals surface area contributed by atoms with Crippen LogP contribution in [0.3, 0.4) is 0 Å². The van der Waals surface area contributed by atoms with E-state index in [2.05, 4.69) is 145 Å². The average molecular weight is 598 g/mol. The molecule has 4 aromatic rings. The third kappa shape index (κ3) is 7.57. The molecule has 46 heavy (non-hydrogen) atoms. The van der Waals surface area contributed by atoms with Crippen LogP contribution in [-0.4, -0.2) is 13.2 Å². The third-order valence-electron chi connectivity index (χ3n) is 8.56. The van der Waals surface area contributed by atoms with Crippen LogP contribution < -0.4 is 5.32 Å². The maximum atomic E-state index is 6.90. The number of nitrogens with one attached hydrogen (secondary N) is 1. The second-order valence-corrected chi connectivity index (χ2v) is 11.7. The molecule has 0 aromatic heterocycles. The number of fused-ring (bicyclic) bond motifs is 1. The first-order valence-electron chi connectivity index (χ1n) is 16.0. The molecular formula is C44H39NO. The van der Waals surface area contributed by atoms with Crippen LogP contribution in [0, 0.1) is 12.3 Å². The Bertz CT molecular complexity index is 1860. The summed E-state index contributed by atoms with van der Waals surface area (Å²) in [7, 11) is 0. The lowest BCUT2D eigenvalue weighted by Crippen LogP contribution is -2.03. The van der Waals surface area contributed by atoms with Crippen LogP contribution in [0.4, 0.5) is 5.69 Å². The summed E-state index contributed by atoms with van der Waals surface area (Å²) in [5.74, 6) is 4.13. The minimum absolute atomic E-state index is 0.222. The number of hydrogen-bond acceptors (Lipinski definition) is 2. The Morgan fingerprint density at radius 3 is 2.35 bits per heavy atom. The van der Waals surface area contributed by atoms with Gasteiger partial charge in [0.2, 0.25) is 0 Å². The Morgan fingerprint density at radius 1 is 0.891 bits per heavy atom. The highest BCUT2D eigenvalue weighted by molar-refractivity contribution is 5.82. The van der Waals surface area contributed by atoms with Gasteiger partial charge in [-0.2, -0.15) is 0 Å². The minimum Gasteiger partial charge on any atom is -0.493 e. The highest BCUT2D eigenvalue weighted by Gasteiger charge is 2.20. The Morgan fingerprint density at radius 2 is 1.59 bits per heavy atom. The second-order valence-electron chi connectivity index (χ2n) is 11.7. The molecule has 0 amide bonds. The summed E-state index contributed by atoms with van der Waals surface area (Å²) in [6.07, 6.45) is 19.6. The molecule has 0 saturated heterocycles. The van der Waals surface area contributed by atoms with Gasteiger partial charge in [0.15, 0.2) is 0 Å². The summed E-state index contributed by atoms with van der Waals surface area (Å²) in [5, 5.41) is 3.53. The molecule has 0 radical (unpaired) electrons. The van der Waals surface area contributed by atoms with Crippen LogP contribution in [0.15, 0.2) is 169 Å². The maximum absolute atomic E-state index is 6.90. The van der Waals surface area contributed by atoms with Gasteiger partial charge < -0.3 is 10.1 Å². The van der Waals surface area contributed by atoms with Gasteiger partial charge in [0.25, 0.3) is 0 Å². The zero-order valence-corrected chi connectivity index (χ0v) is 26.2. The molecule has 1 atom stereocenters. The number of hydrogen-bond donors (Lipinski definition) is 1. The van der Waals surface area contributed by atoms with E-state index in [1.54, 1.807) is 0 Å². The van der Waals surface area contributed by atoms with Gasteiger partial charge in [0.1, 0.15) is 12.4 Å². The second kappa shape index (κ2) is 15.0. The molecule has 4 aromatic carbocycles. The summed E-state index contributed by atoms with van der Waals surface area (Å²) < 4.78 is 6.90. The molecule has 2 nitrogen and oxygen atoms in total. The highest BCUT2D eigenvalue weighted by atomic mass is 16.5. The van der Waals surface area contributed by atoms with Crippen molar-refractivity contribution in [1.29, 1.82) is 0 Å². The van der Waals surface area contributed by atoms with Crippen molar-refractivity contribution in [2.24, 2.45) is 0 Å². The van der Waals surface area contributed by atoms with Crippen molar-refractivity contribution in [3.8, 4) is 12.3 Å². The predicted octanol–water partition coefficient (Wildman–Crippen LogP) is 10.6. The molecule has 0 saturated carbocycles. The first kappa shape index (κ1) is 30.5. The van der Waals surface area contributed by atoms with Gasteiger partial charge in [-0.1, -0.05) is 146 Å². The molecule has 2 aliphatic heterocycles. The van der Waals surface area contributed by atoms with E-state index in [0.29, 0.717) is 13.0 Å². The number of allylic oxidation sites excluding steroid dienone is 8. The number of rotatable bonds is 6. The standard InChI is InChI=1S/C44H39NO/c1-3-35(36-17-7-4-8-18-36)30-40-26-25-39(37-19-9-5-10-20-37)31-41(38-21-11-6-12-22-38)32-46-44(40)29-34-16-15-27-45-43-24-14-13-23-42(43)33(2)28-34/h1,4-24,28,30-31,39,45H,2,25-27,29,32H2/b16-15?,34-28?,35-30+,41-31+,44-40+/t39-/m0/s1. The van der Waals surface area contributed by atoms with Gasteiger partial charge in [-0.05, 0) is 64.0 Å². The molecule has 0 bridgehead atoms. The molecule has 226 valence electrons. The van der Waals surface area contributed by atoms with Crippen molar-refractivity contribution in [3.63, 3.8) is 0 Å². The predicted molar refractivity (Wildman–Crippen MR) is 195 cm³/mol. The smallest absolute Gasteiger partial charge is 0.113 e. The van der Waals surface area contributed by atoms with Crippen molar-refractivity contribution in [1.82, 2.24) is 0 Å². The van der Waals surface area contributed by atoms with Crippen LogP contribution >= 0.6 is 0 Å². The zero-order valence-electron chi connectivity index (χ0n) is 26.2. The largest absolute Gasteiger partial charge is 0.493 e. The van der Waals surface area contributed by atoms with Crippen LogP contribution in [0.1, 0.15) is 47.4 Å². The van der Waals surface area contributed by atoms with Crippen molar-refractivity contribution in [2.75, 3.05) is 18.5 Å². The van der Waals surface area contributed by atoms with E-state index in [4.69, 9.17) is 11.2 Å². The van der Waals surface area contributed by atoms with Gasteiger partial charge in [-0.25, -0.2) is 0 Å². The summed E-state index contributed by atoms with van der Waals surface area (Å²) in [5.41, 5.74) is 10.9. The van der Waals surface area contributed by atoms with Gasteiger partial charge in [-0.3, -0.25) is 0 Å². The summed E-state index contributed by atoms with van der Waals surface area (Å²) in [6, 6.07) is 39.9. The first-order chi connectivity index (χ1) is 22.7. The Balaban J connectivity index is 1.45. The fourth-order valence-corrected chi connectivity index (χ4v) is 6.14. The third-order valence-corrected chi connectivity index (χ3v) is 8.56. The van der Waals surface area contributed by atoms with E-state index < -0.39 is 0 Å². The summed E-state index contributed by atoms with van der Waals surface area (Å²) in [6.45, 7) is 5.63. The SMILES string of the molecule is C#C/C(=C\C1=C(/CC2=CC(=C)c3ccccc3NCC=C2)OC/C(c2ccccc2)=C\[C@@H](c2ccccc2)CC1)c1ccccc1. The van der Waals surface area contributed by atoms with E-state index in [-0.39, 0.29) is 5.92 Å². The van der Waals surface area contributed by atoms with Gasteiger partial charge >= 0.3 is 0 Å². The average Bonchev–Trinajstić information content (AvgIpc) is 3.24. The zero-order chi connectivity index (χ0) is 31.6. The van der Waals surface area contributed by atoms with Crippen LogP contribution in [0.5, 0.6) is 0 Å².